The van der Waals surface area contributed by atoms with Gasteiger partial charge in [-0.2, -0.15) is 0 Å². The molecule has 0 saturated heterocycles. The van der Waals surface area contributed by atoms with Crippen LogP contribution in [0.25, 0.3) is 0 Å². The van der Waals surface area contributed by atoms with Crippen LogP contribution in [-0.4, -0.2) is 18.7 Å². The predicted molar refractivity (Wildman–Crippen MR) is 91.1 cm³/mol. The summed E-state index contributed by atoms with van der Waals surface area (Å²) >= 11 is 0. The summed E-state index contributed by atoms with van der Waals surface area (Å²) in [6, 6.07) is 19.9. The molecule has 0 bridgehead atoms. The molecule has 24 heavy (non-hydrogen) atoms. The van der Waals surface area contributed by atoms with Gasteiger partial charge in [0, 0.05) is 6.92 Å². The number of carbonyl (C=O) groups excluding carboxylic acids is 2. The van der Waals surface area contributed by atoms with Gasteiger partial charge < -0.3 is 9.47 Å². The minimum atomic E-state index is -0.466. The molecule has 0 amide bonds. The van der Waals surface area contributed by atoms with Crippen molar-refractivity contribution in [1.82, 2.24) is 0 Å². The lowest BCUT2D eigenvalue weighted by molar-refractivity contribution is -0.168. The molecule has 1 atom stereocenters. The molecule has 0 N–H and O–H groups in total. The Morgan fingerprint density at radius 3 is 2.04 bits per heavy atom. The Bertz CT molecular complexity index is 637. The number of ether oxygens (including phenoxy) is 2. The molecular formula is C20H22O4. The molecule has 2 aromatic rings. The lowest BCUT2D eigenvalue weighted by atomic mass is 9.93. The van der Waals surface area contributed by atoms with Crippen molar-refractivity contribution < 1.29 is 19.1 Å². The first kappa shape index (κ1) is 17.7. The van der Waals surface area contributed by atoms with Gasteiger partial charge in [-0.15, -0.1) is 0 Å². The summed E-state index contributed by atoms with van der Waals surface area (Å²) in [4.78, 5) is 23.1. The van der Waals surface area contributed by atoms with Crippen molar-refractivity contribution >= 4 is 11.9 Å². The maximum absolute atomic E-state index is 12.3. The Morgan fingerprint density at radius 1 is 0.875 bits per heavy atom. The monoisotopic (exact) mass is 326 g/mol. The van der Waals surface area contributed by atoms with Gasteiger partial charge in [-0.1, -0.05) is 60.7 Å². The van der Waals surface area contributed by atoms with Gasteiger partial charge in [-0.05, 0) is 30.4 Å². The molecule has 4 heteroatoms. The van der Waals surface area contributed by atoms with Crippen molar-refractivity contribution in [2.75, 3.05) is 6.79 Å². The van der Waals surface area contributed by atoms with Gasteiger partial charge in [-0.25, -0.2) is 0 Å². The van der Waals surface area contributed by atoms with E-state index < -0.39 is 5.97 Å². The van der Waals surface area contributed by atoms with Crippen molar-refractivity contribution in [1.29, 1.82) is 0 Å². The highest BCUT2D eigenvalue weighted by Crippen LogP contribution is 2.17. The van der Waals surface area contributed by atoms with Crippen molar-refractivity contribution in [3.8, 4) is 0 Å². The van der Waals surface area contributed by atoms with E-state index in [0.717, 1.165) is 12.0 Å². The number of hydrogen-bond acceptors (Lipinski definition) is 4. The second-order valence-electron chi connectivity index (χ2n) is 5.63. The Kier molecular flexibility index (Phi) is 7.02. The quantitative estimate of drug-likeness (QED) is 0.550. The fourth-order valence-electron chi connectivity index (χ4n) is 2.48. The SMILES string of the molecule is CC(=O)OCOC(=O)C(CCc1ccccc1)Cc1ccccc1. The highest BCUT2D eigenvalue weighted by molar-refractivity contribution is 5.73. The van der Waals surface area contributed by atoms with Gasteiger partial charge in [0.2, 0.25) is 6.79 Å². The number of hydrogen-bond donors (Lipinski definition) is 0. The minimum Gasteiger partial charge on any atom is -0.428 e. The van der Waals surface area contributed by atoms with Gasteiger partial charge in [0.25, 0.3) is 0 Å². The van der Waals surface area contributed by atoms with Crippen LogP contribution >= 0.6 is 0 Å². The molecule has 1 unspecified atom stereocenters. The lowest BCUT2D eigenvalue weighted by Crippen LogP contribution is -2.22. The van der Waals surface area contributed by atoms with Crippen molar-refractivity contribution in [3.63, 3.8) is 0 Å². The third kappa shape index (κ3) is 6.24. The molecule has 126 valence electrons. The van der Waals surface area contributed by atoms with E-state index in [1.165, 1.54) is 12.5 Å². The molecule has 0 aliphatic heterocycles. The number of benzene rings is 2. The number of rotatable bonds is 8. The van der Waals surface area contributed by atoms with E-state index in [1.54, 1.807) is 0 Å². The molecular weight excluding hydrogens is 304 g/mol. The first-order valence-electron chi connectivity index (χ1n) is 8.03. The van der Waals surface area contributed by atoms with E-state index in [0.29, 0.717) is 12.8 Å². The van der Waals surface area contributed by atoms with E-state index in [-0.39, 0.29) is 18.7 Å². The summed E-state index contributed by atoms with van der Waals surface area (Å²) in [7, 11) is 0. The third-order valence-electron chi connectivity index (χ3n) is 3.75. The minimum absolute atomic E-state index is 0.275. The van der Waals surface area contributed by atoms with Crippen LogP contribution in [-0.2, 0) is 31.9 Å². The van der Waals surface area contributed by atoms with Gasteiger partial charge in [-0.3, -0.25) is 9.59 Å². The van der Waals surface area contributed by atoms with Gasteiger partial charge in [0.05, 0.1) is 5.92 Å². The average molecular weight is 326 g/mol. The Labute approximate surface area is 142 Å². The molecule has 0 heterocycles. The summed E-state index contributed by atoms with van der Waals surface area (Å²) in [5.74, 6) is -1.08. The summed E-state index contributed by atoms with van der Waals surface area (Å²) < 4.78 is 9.79. The Morgan fingerprint density at radius 2 is 1.46 bits per heavy atom. The van der Waals surface area contributed by atoms with E-state index in [4.69, 9.17) is 9.47 Å². The number of aryl methyl sites for hydroxylation is 1. The third-order valence-corrected chi connectivity index (χ3v) is 3.75. The van der Waals surface area contributed by atoms with Crippen LogP contribution in [0.1, 0.15) is 24.5 Å². The largest absolute Gasteiger partial charge is 0.428 e. The zero-order valence-corrected chi connectivity index (χ0v) is 13.8. The number of carbonyl (C=O) groups is 2. The van der Waals surface area contributed by atoms with Crippen LogP contribution in [0, 0.1) is 5.92 Å². The summed E-state index contributed by atoms with van der Waals surface area (Å²) in [6.07, 6.45) is 2.07. The van der Waals surface area contributed by atoms with Crippen molar-refractivity contribution in [2.45, 2.75) is 26.2 Å². The molecule has 0 fully saturated rings. The normalized spacial score (nSPS) is 11.5. The van der Waals surface area contributed by atoms with Gasteiger partial charge >= 0.3 is 11.9 Å². The first-order chi connectivity index (χ1) is 11.6. The number of esters is 2. The zero-order chi connectivity index (χ0) is 17.2. The van der Waals surface area contributed by atoms with E-state index in [1.807, 2.05) is 60.7 Å². The van der Waals surface area contributed by atoms with E-state index in [9.17, 15) is 9.59 Å². The van der Waals surface area contributed by atoms with Crippen LogP contribution in [0.3, 0.4) is 0 Å². The second-order valence-corrected chi connectivity index (χ2v) is 5.63. The zero-order valence-electron chi connectivity index (χ0n) is 13.8. The molecule has 0 radical (unpaired) electrons. The smallest absolute Gasteiger partial charge is 0.312 e. The highest BCUT2D eigenvalue weighted by Gasteiger charge is 2.21. The van der Waals surface area contributed by atoms with Crippen molar-refractivity contribution in [2.24, 2.45) is 5.92 Å². The molecule has 0 spiro atoms. The van der Waals surface area contributed by atoms with Crippen LogP contribution in [0.5, 0.6) is 0 Å². The summed E-state index contributed by atoms with van der Waals surface area (Å²) in [6.45, 7) is 0.954. The topological polar surface area (TPSA) is 52.6 Å². The molecule has 2 rings (SSSR count). The van der Waals surface area contributed by atoms with Crippen LogP contribution in [0.15, 0.2) is 60.7 Å². The van der Waals surface area contributed by atoms with Crippen LogP contribution in [0.4, 0.5) is 0 Å². The predicted octanol–water partition coefficient (Wildman–Crippen LogP) is 3.54. The van der Waals surface area contributed by atoms with Crippen molar-refractivity contribution in [3.05, 3.63) is 71.8 Å². The summed E-state index contributed by atoms with van der Waals surface area (Å²) in [5, 5.41) is 0. The molecule has 0 aliphatic carbocycles. The standard InChI is InChI=1S/C20H22O4/c1-16(21)23-15-24-20(22)19(14-18-10-6-3-7-11-18)13-12-17-8-4-2-5-9-17/h2-11,19H,12-15H2,1H3. The van der Waals surface area contributed by atoms with Gasteiger partial charge in [0.15, 0.2) is 0 Å². The second kappa shape index (κ2) is 9.50. The summed E-state index contributed by atoms with van der Waals surface area (Å²) in [5.41, 5.74) is 2.27. The average Bonchev–Trinajstić information content (AvgIpc) is 2.60. The molecule has 4 nitrogen and oxygen atoms in total. The first-order valence-corrected chi connectivity index (χ1v) is 8.03. The molecule has 2 aromatic carbocycles. The maximum Gasteiger partial charge on any atom is 0.312 e. The Balaban J connectivity index is 1.97. The molecule has 0 aromatic heterocycles. The fraction of sp³-hybridized carbons (Fsp3) is 0.300. The maximum atomic E-state index is 12.3. The van der Waals surface area contributed by atoms with E-state index >= 15 is 0 Å². The van der Waals surface area contributed by atoms with Crippen LogP contribution in [0.2, 0.25) is 0 Å². The fourth-order valence-corrected chi connectivity index (χ4v) is 2.48. The van der Waals surface area contributed by atoms with Crippen LogP contribution < -0.4 is 0 Å². The van der Waals surface area contributed by atoms with Gasteiger partial charge in [0.1, 0.15) is 0 Å². The highest BCUT2D eigenvalue weighted by atomic mass is 16.7. The van der Waals surface area contributed by atoms with E-state index in [2.05, 4.69) is 0 Å². The lowest BCUT2D eigenvalue weighted by Gasteiger charge is -2.16. The Hall–Kier alpha value is -2.62. The molecule has 0 saturated carbocycles. The molecule has 0 aliphatic rings.